The van der Waals surface area contributed by atoms with Crippen LogP contribution in [0.3, 0.4) is 0 Å². The van der Waals surface area contributed by atoms with Crippen molar-refractivity contribution in [1.29, 1.82) is 0 Å². The molecule has 0 saturated carbocycles. The van der Waals surface area contributed by atoms with Crippen LogP contribution in [0.1, 0.15) is 13.8 Å². The number of aliphatic hydroxyl groups excluding tert-OH is 1. The largest absolute Gasteiger partial charge is 1.00 e. The van der Waals surface area contributed by atoms with Crippen molar-refractivity contribution in [2.75, 3.05) is 0 Å². The molecule has 0 aromatic carbocycles. The number of aliphatic carboxylic acids is 3. The van der Waals surface area contributed by atoms with Gasteiger partial charge in [-0.1, -0.05) is 0 Å². The second-order valence-corrected chi connectivity index (χ2v) is 3.67. The molecule has 19 heavy (non-hydrogen) atoms. The van der Waals surface area contributed by atoms with E-state index in [2.05, 4.69) is 0 Å². The summed E-state index contributed by atoms with van der Waals surface area (Å²) in [6.45, 7) is 1.94. The van der Waals surface area contributed by atoms with E-state index in [0.717, 1.165) is 13.8 Å². The van der Waals surface area contributed by atoms with Crippen LogP contribution in [0.5, 0.6) is 0 Å². The number of carboxylic acid groups (broad SMARTS) is 3. The Bertz CT molecular complexity index is 344. The zero-order valence-electron chi connectivity index (χ0n) is 10.7. The number of hydrogen-bond donors (Lipinski definition) is 3. The van der Waals surface area contributed by atoms with Gasteiger partial charge in [0.15, 0.2) is 0 Å². The molecule has 0 radical (unpaired) electrons. The van der Waals surface area contributed by atoms with E-state index in [1.54, 1.807) is 0 Å². The fourth-order valence-electron chi connectivity index (χ4n) is 0.127. The molecule has 3 N–H and O–H groups in total. The molecule has 1 unspecified atom stereocenters. The molecular formula is C6H10Na2O10S. The van der Waals surface area contributed by atoms with E-state index in [1.807, 2.05) is 0 Å². The first kappa shape index (κ1) is 31.6. The molecule has 10 nitrogen and oxygen atoms in total. The van der Waals surface area contributed by atoms with Crippen LogP contribution in [0.4, 0.5) is 0 Å². The van der Waals surface area contributed by atoms with Crippen molar-refractivity contribution in [2.24, 2.45) is 0 Å². The second-order valence-electron chi connectivity index (χ2n) is 2.19. The number of hydrogen-bond acceptors (Lipinski definition) is 8. The maximum Gasteiger partial charge on any atom is 1.00 e. The number of carboxylic acids is 3. The molecule has 102 valence electrons. The monoisotopic (exact) mass is 320 g/mol. The molecule has 0 saturated heterocycles. The topological polar surface area (TPSA) is 192 Å². The van der Waals surface area contributed by atoms with Crippen molar-refractivity contribution in [3.05, 3.63) is 0 Å². The van der Waals surface area contributed by atoms with Gasteiger partial charge in [0.05, 0.1) is 0 Å². The molecule has 0 aliphatic heterocycles. The van der Waals surface area contributed by atoms with Gasteiger partial charge in [0, 0.05) is 11.9 Å². The van der Waals surface area contributed by atoms with Crippen molar-refractivity contribution >= 4 is 28.0 Å². The molecule has 13 heteroatoms. The van der Waals surface area contributed by atoms with Crippen molar-refractivity contribution in [1.82, 2.24) is 0 Å². The Balaban J connectivity index is -0.0000000560. The minimum absolute atomic E-state index is 0. The molecule has 0 aliphatic rings. The van der Waals surface area contributed by atoms with Crippen LogP contribution in [-0.4, -0.2) is 46.5 Å². The Morgan fingerprint density at radius 2 is 1.16 bits per heavy atom. The van der Waals surface area contributed by atoms with E-state index in [0.29, 0.717) is 0 Å². The Morgan fingerprint density at radius 3 is 1.16 bits per heavy atom. The minimum Gasteiger partial charge on any atom is -0.550 e. The summed E-state index contributed by atoms with van der Waals surface area (Å²) in [7, 11) is -4.85. The van der Waals surface area contributed by atoms with Gasteiger partial charge in [0.1, 0.15) is 0 Å². The predicted octanol–water partition coefficient (Wildman–Crippen LogP) is -10.2. The maximum absolute atomic E-state index is 9.70. The number of rotatable bonds is 2. The van der Waals surface area contributed by atoms with Gasteiger partial charge in [-0.15, -0.1) is 0 Å². The third-order valence-corrected chi connectivity index (χ3v) is 1.26. The van der Waals surface area contributed by atoms with Crippen molar-refractivity contribution in [2.45, 2.75) is 19.3 Å². The van der Waals surface area contributed by atoms with Gasteiger partial charge < -0.3 is 30.0 Å². The van der Waals surface area contributed by atoms with Gasteiger partial charge in [0.2, 0.25) is 0 Å². The Labute approximate surface area is 153 Å². The molecular weight excluding hydrogens is 310 g/mol. The standard InChI is InChI=1S/C2H4O6S.2C2H4O2.2Na/c3-1(4)2(5)9(6,7)8;2*1-2(3)4;;/h2,5H,(H,3,4)(H,6,7,8);2*1H3,(H,3,4);;/q;;;2*+1/p-2. The summed E-state index contributed by atoms with van der Waals surface area (Å²) >= 11 is 0. The third-order valence-electron chi connectivity index (χ3n) is 0.493. The van der Waals surface area contributed by atoms with Crippen molar-refractivity contribution < 1.29 is 107 Å². The molecule has 0 aromatic rings. The van der Waals surface area contributed by atoms with Crippen LogP contribution in [0.2, 0.25) is 0 Å². The zero-order valence-corrected chi connectivity index (χ0v) is 15.5. The summed E-state index contributed by atoms with van der Waals surface area (Å²) in [6.07, 6.45) is 0. The van der Waals surface area contributed by atoms with Crippen molar-refractivity contribution in [3.8, 4) is 0 Å². The van der Waals surface area contributed by atoms with Gasteiger partial charge in [-0.2, -0.15) is 8.42 Å². The molecule has 0 amide bonds. The van der Waals surface area contributed by atoms with Gasteiger partial charge in [-0.25, -0.2) is 4.79 Å². The summed E-state index contributed by atoms with van der Waals surface area (Å²) < 4.78 is 27.2. The van der Waals surface area contributed by atoms with E-state index in [9.17, 15) is 13.2 Å². The Morgan fingerprint density at radius 1 is 1.00 bits per heavy atom. The van der Waals surface area contributed by atoms with Crippen LogP contribution < -0.4 is 69.3 Å². The van der Waals surface area contributed by atoms with Gasteiger partial charge in [-0.05, 0) is 13.8 Å². The summed E-state index contributed by atoms with van der Waals surface area (Å²) in [4.78, 5) is 27.3. The molecule has 0 fully saturated rings. The van der Waals surface area contributed by atoms with Crippen molar-refractivity contribution in [3.63, 3.8) is 0 Å². The fraction of sp³-hybridized carbons (Fsp3) is 0.500. The van der Waals surface area contributed by atoms with E-state index in [-0.39, 0.29) is 59.1 Å². The normalized spacial score (nSPS) is 9.68. The van der Waals surface area contributed by atoms with Crippen LogP contribution in [0.25, 0.3) is 0 Å². The molecule has 1 atom stereocenters. The second kappa shape index (κ2) is 16.3. The van der Waals surface area contributed by atoms with Crippen LogP contribution in [-0.2, 0) is 24.5 Å². The van der Waals surface area contributed by atoms with Gasteiger partial charge >= 0.3 is 75.2 Å². The Kier molecular flexibility index (Phi) is 27.2. The molecule has 0 aliphatic carbocycles. The SMILES string of the molecule is CC(=O)[O-].CC(=O)[O-].O=C(O)C(O)S(=O)(=O)O.[Na+].[Na+]. The first-order chi connectivity index (χ1) is 7.32. The average molecular weight is 320 g/mol. The molecule has 0 spiro atoms. The quantitative estimate of drug-likeness (QED) is 0.325. The Hall–Kier alpha value is 0.280. The molecule has 0 rings (SSSR count). The van der Waals surface area contributed by atoms with Gasteiger partial charge in [0.25, 0.3) is 5.44 Å². The summed E-state index contributed by atoms with van der Waals surface area (Å²) in [5.41, 5.74) is -2.74. The number of carbonyl (C=O) groups is 3. The number of carbonyl (C=O) groups excluding carboxylic acids is 2. The summed E-state index contributed by atoms with van der Waals surface area (Å²) in [5, 5.41) is 33.5. The molecule has 0 aromatic heterocycles. The van der Waals surface area contributed by atoms with E-state index >= 15 is 0 Å². The summed E-state index contributed by atoms with van der Waals surface area (Å²) in [5.74, 6) is -4.17. The number of aliphatic hydroxyl groups is 1. The first-order valence-electron chi connectivity index (χ1n) is 3.54. The maximum atomic E-state index is 9.70. The molecule has 0 heterocycles. The van der Waals surface area contributed by atoms with Crippen LogP contribution in [0, 0.1) is 0 Å². The van der Waals surface area contributed by atoms with Gasteiger partial charge in [-0.3, -0.25) is 4.55 Å². The summed E-state index contributed by atoms with van der Waals surface area (Å²) in [6, 6.07) is 0. The van der Waals surface area contributed by atoms with E-state index in [4.69, 9.17) is 34.6 Å². The average Bonchev–Trinajstić information content (AvgIpc) is 1.98. The van der Waals surface area contributed by atoms with E-state index in [1.165, 1.54) is 0 Å². The third kappa shape index (κ3) is 45.8. The predicted molar refractivity (Wildman–Crippen MR) is 46.6 cm³/mol. The smallest absolute Gasteiger partial charge is 0.550 e. The first-order valence-corrected chi connectivity index (χ1v) is 5.05. The molecule has 0 bridgehead atoms. The van der Waals surface area contributed by atoms with E-state index < -0.39 is 33.5 Å². The van der Waals surface area contributed by atoms with Crippen LogP contribution in [0.15, 0.2) is 0 Å². The minimum atomic E-state index is -4.85. The zero-order chi connectivity index (χ0) is 14.8. The fourth-order valence-corrected chi connectivity index (χ4v) is 0.382. The van der Waals surface area contributed by atoms with Crippen LogP contribution >= 0.6 is 0 Å².